The first kappa shape index (κ1) is 18.5. The Hall–Kier alpha value is -2.33. The summed E-state index contributed by atoms with van der Waals surface area (Å²) in [6.07, 6.45) is 5.21. The van der Waals surface area contributed by atoms with Crippen LogP contribution in [0, 0.1) is 0 Å². The molecule has 1 saturated heterocycles. The van der Waals surface area contributed by atoms with Crippen LogP contribution in [0.4, 0.5) is 5.69 Å². The lowest BCUT2D eigenvalue weighted by Crippen LogP contribution is -2.41. The minimum Gasteiger partial charge on any atom is -0.399 e. The van der Waals surface area contributed by atoms with E-state index in [1.165, 1.54) is 24.8 Å². The molecule has 3 N–H and O–H groups in total. The lowest BCUT2D eigenvalue weighted by atomic mass is 9.98. The Labute approximate surface area is 156 Å². The zero-order chi connectivity index (χ0) is 18.2. The van der Waals surface area contributed by atoms with Gasteiger partial charge in [0.25, 0.3) is 0 Å². The molecule has 0 aliphatic carbocycles. The van der Waals surface area contributed by atoms with Crippen molar-refractivity contribution in [2.75, 3.05) is 18.8 Å². The zero-order valence-corrected chi connectivity index (χ0v) is 15.4. The SMILES string of the molecule is Nc1ccc(CC(=O)NCC[C@@H]2CCCCN2Cc2ccccc2)cc1. The monoisotopic (exact) mass is 351 g/mol. The molecule has 1 atom stereocenters. The Kier molecular flexibility index (Phi) is 6.67. The predicted molar refractivity (Wildman–Crippen MR) is 107 cm³/mol. The third-order valence-electron chi connectivity index (χ3n) is 5.12. The summed E-state index contributed by atoms with van der Waals surface area (Å²) in [6.45, 7) is 2.90. The molecule has 2 aromatic carbocycles. The maximum Gasteiger partial charge on any atom is 0.224 e. The van der Waals surface area contributed by atoms with Crippen molar-refractivity contribution >= 4 is 11.6 Å². The van der Waals surface area contributed by atoms with Crippen molar-refractivity contribution in [2.45, 2.75) is 44.7 Å². The number of piperidine rings is 1. The molecule has 1 aliphatic heterocycles. The molecule has 0 bridgehead atoms. The van der Waals surface area contributed by atoms with Crippen LogP contribution in [0.1, 0.15) is 36.8 Å². The van der Waals surface area contributed by atoms with Crippen LogP contribution in [0.25, 0.3) is 0 Å². The van der Waals surface area contributed by atoms with Crippen molar-refractivity contribution in [3.63, 3.8) is 0 Å². The topological polar surface area (TPSA) is 58.4 Å². The van der Waals surface area contributed by atoms with Crippen molar-refractivity contribution in [3.05, 3.63) is 65.7 Å². The number of rotatable bonds is 7. The number of nitrogens with zero attached hydrogens (tertiary/aromatic N) is 1. The van der Waals surface area contributed by atoms with Gasteiger partial charge >= 0.3 is 0 Å². The molecule has 26 heavy (non-hydrogen) atoms. The van der Waals surface area contributed by atoms with Gasteiger partial charge in [0, 0.05) is 24.8 Å². The molecule has 0 saturated carbocycles. The molecule has 1 fully saturated rings. The second-order valence-electron chi connectivity index (χ2n) is 7.16. The number of nitrogens with one attached hydrogen (secondary N) is 1. The van der Waals surface area contributed by atoms with E-state index < -0.39 is 0 Å². The number of likely N-dealkylation sites (tertiary alicyclic amines) is 1. The van der Waals surface area contributed by atoms with Crippen LogP contribution in [-0.4, -0.2) is 29.9 Å². The fourth-order valence-corrected chi connectivity index (χ4v) is 3.67. The Morgan fingerprint density at radius 1 is 1.04 bits per heavy atom. The van der Waals surface area contributed by atoms with E-state index in [-0.39, 0.29) is 5.91 Å². The Morgan fingerprint density at radius 3 is 2.58 bits per heavy atom. The van der Waals surface area contributed by atoms with Crippen LogP contribution in [0.5, 0.6) is 0 Å². The van der Waals surface area contributed by atoms with Crippen LogP contribution in [-0.2, 0) is 17.8 Å². The molecule has 4 heteroatoms. The molecule has 1 amide bonds. The number of amides is 1. The minimum absolute atomic E-state index is 0.0835. The highest BCUT2D eigenvalue weighted by Crippen LogP contribution is 2.21. The van der Waals surface area contributed by atoms with E-state index >= 15 is 0 Å². The quantitative estimate of drug-likeness (QED) is 0.752. The Morgan fingerprint density at radius 2 is 1.81 bits per heavy atom. The predicted octanol–water partition coefficient (Wildman–Crippen LogP) is 3.37. The van der Waals surface area contributed by atoms with Crippen molar-refractivity contribution < 1.29 is 4.79 Å². The number of nitrogen functional groups attached to an aromatic ring is 1. The van der Waals surface area contributed by atoms with Crippen molar-refractivity contribution in [3.8, 4) is 0 Å². The van der Waals surface area contributed by atoms with Gasteiger partial charge in [-0.3, -0.25) is 9.69 Å². The maximum absolute atomic E-state index is 12.2. The van der Waals surface area contributed by atoms with Crippen molar-refractivity contribution in [1.29, 1.82) is 0 Å². The number of benzene rings is 2. The average molecular weight is 351 g/mol. The second-order valence-corrected chi connectivity index (χ2v) is 7.16. The van der Waals surface area contributed by atoms with Gasteiger partial charge in [0.1, 0.15) is 0 Å². The van der Waals surface area contributed by atoms with Crippen LogP contribution in [0.2, 0.25) is 0 Å². The molecule has 3 rings (SSSR count). The summed E-state index contributed by atoms with van der Waals surface area (Å²) in [7, 11) is 0. The van der Waals surface area contributed by atoms with Crippen LogP contribution >= 0.6 is 0 Å². The lowest BCUT2D eigenvalue weighted by Gasteiger charge is -2.36. The molecule has 1 heterocycles. The molecule has 4 nitrogen and oxygen atoms in total. The van der Waals surface area contributed by atoms with E-state index in [4.69, 9.17) is 5.73 Å². The standard InChI is InChI=1S/C22H29N3O/c23-20-11-9-18(10-12-20)16-22(26)24-14-13-21-8-4-5-15-25(21)17-19-6-2-1-3-7-19/h1-3,6-7,9-12,21H,4-5,8,13-17,23H2,(H,24,26)/t21-/m0/s1. The number of anilines is 1. The summed E-state index contributed by atoms with van der Waals surface area (Å²) >= 11 is 0. The summed E-state index contributed by atoms with van der Waals surface area (Å²) in [6, 6.07) is 18.7. The number of nitrogens with two attached hydrogens (primary N) is 1. The molecular weight excluding hydrogens is 322 g/mol. The summed E-state index contributed by atoms with van der Waals surface area (Å²) in [4.78, 5) is 14.7. The van der Waals surface area contributed by atoms with E-state index in [1.807, 2.05) is 24.3 Å². The van der Waals surface area contributed by atoms with E-state index in [9.17, 15) is 4.79 Å². The lowest BCUT2D eigenvalue weighted by molar-refractivity contribution is -0.120. The van der Waals surface area contributed by atoms with Crippen LogP contribution in [0.3, 0.4) is 0 Å². The molecule has 0 radical (unpaired) electrons. The maximum atomic E-state index is 12.2. The second kappa shape index (κ2) is 9.39. The fraction of sp³-hybridized carbons (Fsp3) is 0.409. The van der Waals surface area contributed by atoms with Gasteiger partial charge in [-0.15, -0.1) is 0 Å². The van der Waals surface area contributed by atoms with Gasteiger partial charge < -0.3 is 11.1 Å². The van der Waals surface area contributed by atoms with Gasteiger partial charge in [-0.1, -0.05) is 48.9 Å². The molecule has 2 aromatic rings. The first-order valence-corrected chi connectivity index (χ1v) is 9.60. The number of carbonyl (C=O) groups excluding carboxylic acids is 1. The molecule has 138 valence electrons. The highest BCUT2D eigenvalue weighted by atomic mass is 16.1. The van der Waals surface area contributed by atoms with Crippen molar-refractivity contribution in [2.24, 2.45) is 0 Å². The Balaban J connectivity index is 1.44. The highest BCUT2D eigenvalue weighted by molar-refractivity contribution is 5.78. The zero-order valence-electron chi connectivity index (χ0n) is 15.4. The normalized spacial score (nSPS) is 17.8. The third-order valence-corrected chi connectivity index (χ3v) is 5.12. The summed E-state index contributed by atoms with van der Waals surface area (Å²) in [5, 5.41) is 3.08. The van der Waals surface area contributed by atoms with Gasteiger partial charge in [-0.2, -0.15) is 0 Å². The molecule has 0 aromatic heterocycles. The first-order chi connectivity index (χ1) is 12.7. The number of hydrogen-bond donors (Lipinski definition) is 2. The van der Waals surface area contributed by atoms with Crippen LogP contribution in [0.15, 0.2) is 54.6 Å². The molecule has 1 aliphatic rings. The van der Waals surface area contributed by atoms with Gasteiger partial charge in [0.15, 0.2) is 0 Å². The largest absolute Gasteiger partial charge is 0.399 e. The highest BCUT2D eigenvalue weighted by Gasteiger charge is 2.22. The molecular formula is C22H29N3O. The van der Waals surface area contributed by atoms with E-state index in [0.717, 1.165) is 37.3 Å². The van der Waals surface area contributed by atoms with Gasteiger partial charge in [0.2, 0.25) is 5.91 Å². The van der Waals surface area contributed by atoms with Gasteiger partial charge in [-0.05, 0) is 49.1 Å². The van der Waals surface area contributed by atoms with E-state index in [2.05, 4.69) is 40.5 Å². The van der Waals surface area contributed by atoms with Gasteiger partial charge in [-0.25, -0.2) is 0 Å². The van der Waals surface area contributed by atoms with Crippen molar-refractivity contribution in [1.82, 2.24) is 10.2 Å². The van der Waals surface area contributed by atoms with Crippen LogP contribution < -0.4 is 11.1 Å². The molecule has 0 unspecified atom stereocenters. The smallest absolute Gasteiger partial charge is 0.224 e. The first-order valence-electron chi connectivity index (χ1n) is 9.60. The average Bonchev–Trinajstić information content (AvgIpc) is 2.66. The van der Waals surface area contributed by atoms with E-state index in [0.29, 0.717) is 12.5 Å². The summed E-state index contributed by atoms with van der Waals surface area (Å²) < 4.78 is 0. The summed E-state index contributed by atoms with van der Waals surface area (Å²) in [5.74, 6) is 0.0835. The fourth-order valence-electron chi connectivity index (χ4n) is 3.67. The summed E-state index contributed by atoms with van der Waals surface area (Å²) in [5.41, 5.74) is 8.78. The number of hydrogen-bond acceptors (Lipinski definition) is 3. The third kappa shape index (κ3) is 5.60. The number of carbonyl (C=O) groups is 1. The van der Waals surface area contributed by atoms with E-state index in [1.54, 1.807) is 0 Å². The minimum atomic E-state index is 0.0835. The van der Waals surface area contributed by atoms with Gasteiger partial charge in [0.05, 0.1) is 6.42 Å². The Bertz CT molecular complexity index is 684. The molecule has 0 spiro atoms.